The maximum Gasteiger partial charge on any atom is 0.411 e. The van der Waals surface area contributed by atoms with Crippen LogP contribution < -0.4 is 28.4 Å². The Labute approximate surface area is 669 Å². The number of hydrogen-bond donors (Lipinski definition) is 3. The molecule has 628 valence electrons. The van der Waals surface area contributed by atoms with Crippen molar-refractivity contribution in [1.29, 1.82) is 0 Å². The van der Waals surface area contributed by atoms with Crippen molar-refractivity contribution in [2.75, 3.05) is 27.3 Å². The third kappa shape index (κ3) is 22.9. The van der Waals surface area contributed by atoms with E-state index in [1.54, 1.807) is 115 Å². The third-order valence-electron chi connectivity index (χ3n) is 23.1. The molecule has 8 fully saturated rings. The van der Waals surface area contributed by atoms with E-state index in [9.17, 15) is 65.1 Å². The van der Waals surface area contributed by atoms with Gasteiger partial charge in [0.15, 0.2) is 11.6 Å². The van der Waals surface area contributed by atoms with Crippen LogP contribution in [0.1, 0.15) is 231 Å². The first-order valence-electron chi connectivity index (χ1n) is 40.1. The largest absolute Gasteiger partial charge is 0.497 e. The number of ketones is 2. The van der Waals surface area contributed by atoms with Crippen molar-refractivity contribution < 1.29 is 107 Å². The number of carboxylic acids is 1. The number of aliphatic carboxylic acids is 1. The number of carbonyl (C=O) groups is 9. The fourth-order valence-corrected chi connectivity index (χ4v) is 18.8. The number of Topliss-reactive ketones (excluding diaryl/α,β-unsaturated/α-hetero) is 2. The molecule has 0 spiro atoms. The molecule has 2 aromatic carbocycles. The van der Waals surface area contributed by atoms with Crippen LogP contribution in [0.2, 0.25) is 0 Å². The highest BCUT2D eigenvalue weighted by Gasteiger charge is 2.64. The molecule has 6 aliphatic carbocycles. The van der Waals surface area contributed by atoms with Crippen molar-refractivity contribution in [3.8, 4) is 23.3 Å². The first kappa shape index (κ1) is 88.1. The minimum Gasteiger partial charge on any atom is -0.497 e. The standard InChI is InChI=1S/C39H53N3O10S.C31H41N3O9S.C13H22O4/c1-7-26-21-39(26,36(46)41-53(47,48)52-38(5)15-16-38)22-32(43)31-19-28(50-34-29-13-12-27(49-6)18-25(29)14-17-40-34)23-42(31)35(45)30(24-10-8-9-11-24)20-33(44)51-37(2,3)4;1-7-20-16-31(20,27(36)33-44(38,39)43-30(5)11-12-30)17-25(35)24-15-22(18-34(24)28(37)42-29(2,3)4)41-26-23-9-8-21(40-6)14-19(23)10-13-32-26;1-13(2,3)17-11(14)8-10(12(15)16)9-6-4-5-7-9/h12-14,17-18,24,26,28,30-31H,7-11,15-16,19-23H2,1-6H3,(H,41,46);8-10,13-14,20,22,24H,7,11-12,15-18H2,1-6H3,(H,33,36);9-10H,4-8H2,1-3H3,(H,15,16)/t26-,28-,30+,31+,39-;20-,22-,24+,31-;10-/m110/s1. The van der Waals surface area contributed by atoms with E-state index in [1.165, 1.54) is 9.80 Å². The van der Waals surface area contributed by atoms with Gasteiger partial charge in [0.1, 0.15) is 40.5 Å². The molecule has 0 bridgehead atoms. The highest BCUT2D eigenvalue weighted by Crippen LogP contribution is 2.59. The molecule has 6 saturated carbocycles. The van der Waals surface area contributed by atoms with Gasteiger partial charge in [-0.15, -0.1) is 0 Å². The molecular weight excluding hydrogens is 1510 g/mol. The lowest BCUT2D eigenvalue weighted by Crippen LogP contribution is -2.47. The zero-order valence-corrected chi connectivity index (χ0v) is 70.2. The summed E-state index contributed by atoms with van der Waals surface area (Å²) in [4.78, 5) is 131. The van der Waals surface area contributed by atoms with E-state index >= 15 is 0 Å². The quantitative estimate of drug-likeness (QED) is 0.0322. The molecule has 4 heterocycles. The number of ether oxygens (including phenoxy) is 7. The van der Waals surface area contributed by atoms with Crippen LogP contribution in [-0.4, -0.2) is 175 Å². The highest BCUT2D eigenvalue weighted by molar-refractivity contribution is 7.85. The fraction of sp³-hybridized carbons (Fsp3) is 0.675. The van der Waals surface area contributed by atoms with Crippen LogP contribution in [-0.2, 0) is 81.5 Å². The smallest absolute Gasteiger partial charge is 0.411 e. The monoisotopic (exact) mass is 1630 g/mol. The number of nitrogens with one attached hydrogen (secondary N) is 2. The first-order chi connectivity index (χ1) is 53.3. The second-order valence-electron chi connectivity index (χ2n) is 35.8. The number of aromatic nitrogens is 2. The zero-order valence-electron chi connectivity index (χ0n) is 68.6. The van der Waals surface area contributed by atoms with Crippen molar-refractivity contribution in [1.82, 2.24) is 29.2 Å². The summed E-state index contributed by atoms with van der Waals surface area (Å²) in [7, 11) is -5.57. The number of esters is 2. The Hall–Kier alpha value is -8.29. The second-order valence-corrected chi connectivity index (χ2v) is 38.3. The molecular formula is C83H116N6O23S2. The number of methoxy groups -OCH3 is 2. The van der Waals surface area contributed by atoms with E-state index in [0.29, 0.717) is 74.6 Å². The van der Waals surface area contributed by atoms with Gasteiger partial charge >= 0.3 is 44.6 Å². The van der Waals surface area contributed by atoms with E-state index in [-0.39, 0.29) is 92.8 Å². The van der Waals surface area contributed by atoms with Crippen LogP contribution >= 0.6 is 0 Å². The molecule has 10 atom stereocenters. The predicted octanol–water partition coefficient (Wildman–Crippen LogP) is 12.4. The number of rotatable bonds is 30. The molecule has 4 aromatic rings. The minimum atomic E-state index is -4.40. The molecule has 2 saturated heterocycles. The minimum absolute atomic E-state index is 0.00271. The summed E-state index contributed by atoms with van der Waals surface area (Å²) in [5, 5.41) is 12.3. The van der Waals surface area contributed by atoms with Crippen LogP contribution in [0.25, 0.3) is 21.5 Å². The van der Waals surface area contributed by atoms with Crippen molar-refractivity contribution in [2.45, 2.75) is 284 Å². The topological polar surface area (TPSA) is 382 Å². The number of pyridine rings is 2. The van der Waals surface area contributed by atoms with Gasteiger partial charge in [0.2, 0.25) is 29.5 Å². The van der Waals surface area contributed by atoms with Crippen molar-refractivity contribution >= 4 is 95.4 Å². The Morgan fingerprint density at radius 2 is 0.921 bits per heavy atom. The van der Waals surface area contributed by atoms with Gasteiger partial charge in [-0.25, -0.2) is 32.6 Å². The summed E-state index contributed by atoms with van der Waals surface area (Å²) in [6.07, 6.45) is 12.6. The van der Waals surface area contributed by atoms with E-state index in [4.69, 9.17) is 41.5 Å². The lowest BCUT2D eigenvalue weighted by atomic mass is 9.86. The van der Waals surface area contributed by atoms with Crippen LogP contribution in [0.3, 0.4) is 0 Å². The molecule has 0 unspecified atom stereocenters. The predicted molar refractivity (Wildman–Crippen MR) is 419 cm³/mol. The van der Waals surface area contributed by atoms with Crippen molar-refractivity contribution in [3.05, 3.63) is 60.9 Å². The summed E-state index contributed by atoms with van der Waals surface area (Å²) < 4.78 is 105. The number of fused-ring (bicyclic) bond motifs is 2. The third-order valence-corrected chi connectivity index (χ3v) is 25.2. The van der Waals surface area contributed by atoms with Gasteiger partial charge in [-0.3, -0.25) is 43.3 Å². The van der Waals surface area contributed by atoms with Crippen molar-refractivity contribution in [3.63, 3.8) is 0 Å². The summed E-state index contributed by atoms with van der Waals surface area (Å²) in [6.45, 7) is 23.2. The molecule has 114 heavy (non-hydrogen) atoms. The number of nitrogens with zero attached hydrogens (tertiary/aromatic N) is 4. The molecule has 8 aliphatic rings. The Balaban J connectivity index is 0.000000203. The number of likely N-dealkylation sites (tertiary alicyclic amines) is 2. The molecule has 3 N–H and O–H groups in total. The fourth-order valence-electron chi connectivity index (χ4n) is 16.5. The lowest BCUT2D eigenvalue weighted by Gasteiger charge is -2.31. The van der Waals surface area contributed by atoms with Crippen LogP contribution in [0.4, 0.5) is 4.79 Å². The van der Waals surface area contributed by atoms with E-state index in [1.807, 2.05) is 50.2 Å². The van der Waals surface area contributed by atoms with Gasteiger partial charge < -0.3 is 43.2 Å². The molecule has 0 radical (unpaired) electrons. The Morgan fingerprint density at radius 1 is 0.544 bits per heavy atom. The van der Waals surface area contributed by atoms with E-state index in [2.05, 4.69) is 19.4 Å². The Bertz CT molecular complexity index is 4480. The molecule has 12 rings (SSSR count). The number of carbonyl (C=O) groups excluding carboxylic acids is 8. The second kappa shape index (κ2) is 34.9. The first-order valence-corrected chi connectivity index (χ1v) is 42.9. The lowest BCUT2D eigenvalue weighted by molar-refractivity contribution is -0.161. The Morgan fingerprint density at radius 3 is 1.28 bits per heavy atom. The van der Waals surface area contributed by atoms with E-state index < -0.39 is 131 Å². The normalized spacial score (nSPS) is 24.8. The van der Waals surface area contributed by atoms with Crippen molar-refractivity contribution in [2.24, 2.45) is 46.3 Å². The molecule has 2 aromatic heterocycles. The van der Waals surface area contributed by atoms with Gasteiger partial charge in [-0.05, 0) is 223 Å². The van der Waals surface area contributed by atoms with Gasteiger partial charge in [0.05, 0.1) is 86.1 Å². The summed E-state index contributed by atoms with van der Waals surface area (Å²) in [6, 6.07) is 12.8. The van der Waals surface area contributed by atoms with E-state index in [0.717, 1.165) is 72.9 Å². The van der Waals surface area contributed by atoms with Crippen LogP contribution in [0.5, 0.6) is 23.3 Å². The average Bonchev–Trinajstić information content (AvgIpc) is 1.58. The Kier molecular flexibility index (Phi) is 26.9. The molecule has 4 amide bonds. The van der Waals surface area contributed by atoms with Crippen LogP contribution in [0, 0.1) is 46.3 Å². The number of carboxylic acid groups (broad SMARTS) is 1. The summed E-state index contributed by atoms with van der Waals surface area (Å²) in [5.74, 6) is -3.86. The zero-order chi connectivity index (χ0) is 83.5. The maximum absolute atomic E-state index is 14.7. The average molecular weight is 1630 g/mol. The summed E-state index contributed by atoms with van der Waals surface area (Å²) >= 11 is 0. The highest BCUT2D eigenvalue weighted by atomic mass is 32.2. The number of benzene rings is 2. The molecule has 29 nitrogen and oxygen atoms in total. The number of hydrogen-bond acceptors (Lipinski definition) is 24. The van der Waals surface area contributed by atoms with Crippen LogP contribution in [0.15, 0.2) is 60.9 Å². The summed E-state index contributed by atoms with van der Waals surface area (Å²) in [5.41, 5.74) is -6.18. The molecule has 31 heteroatoms. The van der Waals surface area contributed by atoms with Gasteiger partial charge in [-0.1, -0.05) is 52.4 Å². The van der Waals surface area contributed by atoms with Gasteiger partial charge in [0, 0.05) is 48.8 Å². The van der Waals surface area contributed by atoms with Gasteiger partial charge in [0.25, 0.3) is 0 Å². The molecule has 2 aliphatic heterocycles. The SMILES string of the molecule is CC(C)(C)OC(=O)C[C@H](C(=O)O)C1CCCC1.CC[C@@H]1C[C@]1(CC(=O)[C@@H]1C[C@@H](Oc2nccc3cc(OC)ccc23)CN1C(=O)OC(C)(C)C)C(=O)NS(=O)(=O)OC1(C)CC1.CC[C@@H]1C[C@]1(CC(=O)[C@@H]1C[C@@H](Oc2nccc3cc(OC)ccc23)CN1C(=O)[C@@H](CC(=O)OC(C)(C)C)C1CCCC1)C(=O)NS(=O)(=O)OC1(C)CC1. The number of amides is 4. The van der Waals surface area contributed by atoms with Gasteiger partial charge in [-0.2, -0.15) is 16.8 Å². The maximum atomic E-state index is 14.7.